The van der Waals surface area contributed by atoms with Crippen LogP contribution in [0.1, 0.15) is 49.9 Å². The highest BCUT2D eigenvalue weighted by Crippen LogP contribution is 2.41. The summed E-state index contributed by atoms with van der Waals surface area (Å²) in [7, 11) is -8.28. The van der Waals surface area contributed by atoms with Crippen molar-refractivity contribution in [2.24, 2.45) is 0 Å². The standard InChI is InChI=1S/C55H72N10O11P2/c1-5-73-51(67)44(35-40-21-13-9-14-22-40)60-77(71,61-45(52(68)74-6-2)36-41-23-15-10-16-24-41)33-31-64(29-30-65-39-57-48-49(65)58-55(56)59-50(48)66)32-34-78(72,62-46(53(69)75-7-3)37-42-25-17-11-18-26-42)63-47(54(70)76-8-4)38-43-27-19-12-20-28-43/h9-28,39,44-47H,5-8,29-38H2,1-4H3,(H2,60,61,71)(H2,62,63,72)(H3,56,58,59,66)/t44-,45-,46-,47+,78?/m0/s1. The molecule has 0 saturated carbocycles. The van der Waals surface area contributed by atoms with Gasteiger partial charge in [0, 0.05) is 38.5 Å². The first-order valence-corrected chi connectivity index (χ1v) is 30.0. The van der Waals surface area contributed by atoms with E-state index in [0.717, 1.165) is 22.3 Å². The molecule has 0 spiro atoms. The van der Waals surface area contributed by atoms with E-state index < -0.39 is 68.5 Å². The van der Waals surface area contributed by atoms with E-state index in [1.54, 1.807) is 32.3 Å². The second kappa shape index (κ2) is 30.4. The zero-order chi connectivity index (χ0) is 55.9. The lowest BCUT2D eigenvalue weighted by Gasteiger charge is -2.33. The molecule has 21 nitrogen and oxygen atoms in total. The number of nitrogens with one attached hydrogen (secondary N) is 5. The van der Waals surface area contributed by atoms with E-state index in [-0.39, 0.29) is 108 Å². The Labute approximate surface area is 454 Å². The van der Waals surface area contributed by atoms with Crippen LogP contribution in [0.4, 0.5) is 5.95 Å². The molecule has 4 aromatic carbocycles. The van der Waals surface area contributed by atoms with E-state index >= 15 is 9.13 Å². The Kier molecular flexibility index (Phi) is 23.5. The molecule has 2 aromatic heterocycles. The summed E-state index contributed by atoms with van der Waals surface area (Å²) in [6.45, 7) is 7.00. The maximum atomic E-state index is 16.0. The molecule has 23 heteroatoms. The Morgan fingerprint density at radius 2 is 0.872 bits per heavy atom. The summed E-state index contributed by atoms with van der Waals surface area (Å²) in [5.41, 5.74) is 8.68. The maximum absolute atomic E-state index is 16.0. The van der Waals surface area contributed by atoms with Gasteiger partial charge in [-0.2, -0.15) is 4.98 Å². The van der Waals surface area contributed by atoms with Crippen LogP contribution in [0.2, 0.25) is 0 Å². The second-order valence-corrected chi connectivity index (χ2v) is 23.2. The summed E-state index contributed by atoms with van der Waals surface area (Å²) in [5, 5.41) is 12.5. The fraction of sp³-hybridized carbons (Fsp3) is 0.400. The van der Waals surface area contributed by atoms with Gasteiger partial charge in [-0.05, 0) is 75.6 Å². The van der Waals surface area contributed by atoms with E-state index in [1.165, 1.54) is 6.33 Å². The van der Waals surface area contributed by atoms with Gasteiger partial charge in [0.1, 0.15) is 24.2 Å². The number of carbonyl (C=O) groups excluding carboxylic acids is 4. The molecule has 0 fully saturated rings. The topological polar surface area (TPSA) is 280 Å². The molecule has 6 aromatic rings. The molecule has 1 unspecified atom stereocenters. The number of benzene rings is 4. The molecular formula is C55H72N10O11P2. The number of anilines is 1. The SMILES string of the molecule is CCOC(=O)[C@H](Cc1ccccc1)NP(=O)(CCN(CCn1cnc2c(=O)[nH]c(N)nc21)CCP(=O)(N[C@@H](Cc1ccccc1)C(=O)OCC)N[C@H](Cc1ccccc1)C(=O)OCC)N[C@@H](Cc1ccccc1)C(=O)OCC. The minimum atomic E-state index is -4.14. The normalized spacial score (nSPS) is 14.0. The van der Waals surface area contributed by atoms with Crippen molar-refractivity contribution in [2.75, 3.05) is 64.1 Å². The molecule has 6 rings (SSSR count). The van der Waals surface area contributed by atoms with Gasteiger partial charge in [0.15, 0.2) is 11.2 Å². The first-order valence-electron chi connectivity index (χ1n) is 26.2. The third-order valence-electron chi connectivity index (χ3n) is 12.5. The van der Waals surface area contributed by atoms with Crippen molar-refractivity contribution < 1.29 is 47.3 Å². The number of nitrogens with zero attached hydrogens (tertiary/aromatic N) is 4. The molecule has 7 N–H and O–H groups in total. The molecule has 0 amide bonds. The van der Waals surface area contributed by atoms with Crippen molar-refractivity contribution >= 4 is 55.9 Å². The Bertz CT molecular complexity index is 2720. The molecular weight excluding hydrogens is 1040 g/mol. The molecule has 5 atom stereocenters. The van der Waals surface area contributed by atoms with Crippen LogP contribution in [0.5, 0.6) is 0 Å². The van der Waals surface area contributed by atoms with Crippen molar-refractivity contribution in [1.29, 1.82) is 0 Å². The number of hydrogen-bond donors (Lipinski definition) is 6. The quantitative estimate of drug-likeness (QED) is 0.0170. The average Bonchev–Trinajstić information content (AvgIpc) is 3.85. The number of nitrogens with two attached hydrogens (primary N) is 1. The number of esters is 4. The summed E-state index contributed by atoms with van der Waals surface area (Å²) in [4.78, 5) is 81.3. The van der Waals surface area contributed by atoms with Gasteiger partial charge in [0.2, 0.25) is 20.8 Å². The summed E-state index contributed by atoms with van der Waals surface area (Å²) in [5.74, 6) is -2.79. The predicted molar refractivity (Wildman–Crippen MR) is 299 cm³/mol. The first kappa shape index (κ1) is 60.4. The lowest BCUT2D eigenvalue weighted by Crippen LogP contribution is -2.48. The van der Waals surface area contributed by atoms with Crippen molar-refractivity contribution in [2.45, 2.75) is 84.1 Å². The van der Waals surface area contributed by atoms with Crippen molar-refractivity contribution in [1.82, 2.24) is 44.8 Å². The van der Waals surface area contributed by atoms with Gasteiger partial charge < -0.3 is 34.1 Å². The fourth-order valence-corrected chi connectivity index (χ4v) is 13.3. The smallest absolute Gasteiger partial charge is 0.323 e. The number of aromatic nitrogens is 4. The lowest BCUT2D eigenvalue weighted by molar-refractivity contribution is -0.146. The monoisotopic (exact) mass is 1110 g/mol. The van der Waals surface area contributed by atoms with Crippen LogP contribution in [0, 0.1) is 0 Å². The van der Waals surface area contributed by atoms with Gasteiger partial charge in [-0.1, -0.05) is 121 Å². The van der Waals surface area contributed by atoms with E-state index in [9.17, 15) is 24.0 Å². The highest BCUT2D eigenvalue weighted by molar-refractivity contribution is 7.60. The van der Waals surface area contributed by atoms with Gasteiger partial charge in [0.25, 0.3) is 5.56 Å². The molecule has 78 heavy (non-hydrogen) atoms. The zero-order valence-electron chi connectivity index (χ0n) is 44.6. The summed E-state index contributed by atoms with van der Waals surface area (Å²) < 4.78 is 55.8. The Balaban J connectivity index is 1.42. The van der Waals surface area contributed by atoms with Crippen molar-refractivity contribution in [3.63, 3.8) is 0 Å². The van der Waals surface area contributed by atoms with Crippen LogP contribution in [-0.4, -0.2) is 131 Å². The van der Waals surface area contributed by atoms with Crippen LogP contribution in [-0.2, 0) is 79.5 Å². The number of H-pyrrole nitrogens is 1. The molecule has 0 aliphatic carbocycles. The molecule has 0 saturated heterocycles. The average molecular weight is 1110 g/mol. The number of fused-ring (bicyclic) bond motifs is 1. The van der Waals surface area contributed by atoms with Crippen molar-refractivity contribution in [3.05, 3.63) is 160 Å². The van der Waals surface area contributed by atoms with Gasteiger partial charge in [-0.25, -0.2) is 25.3 Å². The van der Waals surface area contributed by atoms with Crippen LogP contribution in [0.3, 0.4) is 0 Å². The highest BCUT2D eigenvalue weighted by atomic mass is 31.2. The summed E-state index contributed by atoms with van der Waals surface area (Å²) in [6.07, 6.45) is 1.29. The Morgan fingerprint density at radius 3 is 1.18 bits per heavy atom. The van der Waals surface area contributed by atoms with Gasteiger partial charge in [0.05, 0.1) is 32.8 Å². The lowest BCUT2D eigenvalue weighted by atomic mass is 10.1. The van der Waals surface area contributed by atoms with Crippen LogP contribution >= 0.6 is 14.9 Å². The number of hydrogen-bond acceptors (Lipinski definition) is 15. The van der Waals surface area contributed by atoms with Crippen LogP contribution in [0.25, 0.3) is 11.2 Å². The second-order valence-electron chi connectivity index (χ2n) is 18.3. The summed E-state index contributed by atoms with van der Waals surface area (Å²) in [6, 6.07) is 32.0. The molecule has 0 bridgehead atoms. The van der Waals surface area contributed by atoms with E-state index in [4.69, 9.17) is 24.7 Å². The number of aromatic amines is 1. The molecule has 0 aliphatic heterocycles. The molecule has 0 radical (unpaired) electrons. The minimum Gasteiger partial charge on any atom is -0.465 e. The minimum absolute atomic E-state index is 0.0406. The zero-order valence-corrected chi connectivity index (χ0v) is 46.4. The van der Waals surface area contributed by atoms with Gasteiger partial charge >= 0.3 is 23.9 Å². The number of carbonyl (C=O) groups is 4. The Morgan fingerprint density at radius 1 is 0.551 bits per heavy atom. The largest absolute Gasteiger partial charge is 0.465 e. The molecule has 418 valence electrons. The third-order valence-corrected chi connectivity index (χ3v) is 17.1. The van der Waals surface area contributed by atoms with E-state index in [1.807, 2.05) is 126 Å². The number of nitrogen functional groups attached to an aromatic ring is 1. The van der Waals surface area contributed by atoms with Crippen molar-refractivity contribution in [3.8, 4) is 0 Å². The molecule has 2 heterocycles. The van der Waals surface area contributed by atoms with Crippen LogP contribution in [0.15, 0.2) is 132 Å². The number of imidazole rings is 1. The molecule has 0 aliphatic rings. The Hall–Kier alpha value is -6.83. The maximum Gasteiger partial charge on any atom is 0.323 e. The van der Waals surface area contributed by atoms with Gasteiger partial charge in [-0.3, -0.25) is 38.1 Å². The first-order chi connectivity index (χ1) is 37.6. The van der Waals surface area contributed by atoms with E-state index in [2.05, 4.69) is 35.3 Å². The predicted octanol–water partition coefficient (Wildman–Crippen LogP) is 5.45. The number of ether oxygens (including phenoxy) is 4. The van der Waals surface area contributed by atoms with Gasteiger partial charge in [-0.15, -0.1) is 0 Å². The van der Waals surface area contributed by atoms with E-state index in [0.29, 0.717) is 0 Å². The fourth-order valence-electron chi connectivity index (χ4n) is 8.72. The third kappa shape index (κ3) is 18.7. The van der Waals surface area contributed by atoms with Crippen LogP contribution < -0.4 is 31.6 Å². The number of rotatable bonds is 33. The highest BCUT2D eigenvalue weighted by Gasteiger charge is 2.38. The summed E-state index contributed by atoms with van der Waals surface area (Å²) >= 11 is 0.